The molecule has 1 fully saturated rings. The molecule has 0 unspecified atom stereocenters. The number of ether oxygens (including phenoxy) is 1. The third-order valence-electron chi connectivity index (χ3n) is 6.31. The molecule has 3 aromatic rings. The van der Waals surface area contributed by atoms with Gasteiger partial charge in [-0.05, 0) is 55.2 Å². The topological polar surface area (TPSA) is 67.1 Å². The van der Waals surface area contributed by atoms with Gasteiger partial charge in [0.05, 0.1) is 0 Å². The molecule has 144 valence electrons. The Kier molecular flexibility index (Phi) is 3.82. The van der Waals surface area contributed by atoms with Crippen LogP contribution in [-0.4, -0.2) is 44.2 Å². The summed E-state index contributed by atoms with van der Waals surface area (Å²) in [6.45, 7) is 3.21. The number of carboxylic acid groups (broad SMARTS) is 1. The summed E-state index contributed by atoms with van der Waals surface area (Å²) in [7, 11) is 0. The Morgan fingerprint density at radius 3 is 2.79 bits per heavy atom. The van der Waals surface area contributed by atoms with E-state index in [2.05, 4.69) is 40.6 Å². The van der Waals surface area contributed by atoms with Gasteiger partial charge in [-0.25, -0.2) is 9.78 Å². The van der Waals surface area contributed by atoms with Crippen LogP contribution in [0, 0.1) is 6.92 Å². The Bertz CT molecular complexity index is 1060. The number of benzene rings is 1. The number of carbonyl (C=O) groups is 1. The molecule has 0 radical (unpaired) electrons. The zero-order valence-corrected chi connectivity index (χ0v) is 15.9. The molecule has 2 aliphatic rings. The van der Waals surface area contributed by atoms with Crippen LogP contribution in [0.15, 0.2) is 42.7 Å². The average Bonchev–Trinajstić information content (AvgIpc) is 3.18. The summed E-state index contributed by atoms with van der Waals surface area (Å²) in [5.74, 6) is 0.945. The quantitative estimate of drug-likeness (QED) is 0.692. The number of pyridine rings is 1. The maximum absolute atomic E-state index is 11.2. The molecule has 1 spiro atoms. The Labute approximate surface area is 163 Å². The summed E-state index contributed by atoms with van der Waals surface area (Å²) in [4.78, 5) is 17.0. The Balaban J connectivity index is 1.42. The molecule has 5 rings (SSSR count). The molecule has 1 N–H and O–H groups in total. The SMILES string of the molecule is Cc1c(-c2ccc3c(c2)CCC2(CCN(C(=O)O)CC2)O3)ccc2nccn12. The summed E-state index contributed by atoms with van der Waals surface area (Å²) >= 11 is 0. The first-order valence-corrected chi connectivity index (χ1v) is 9.78. The fourth-order valence-corrected chi connectivity index (χ4v) is 4.58. The molecule has 0 bridgehead atoms. The van der Waals surface area contributed by atoms with Crippen molar-refractivity contribution >= 4 is 11.7 Å². The van der Waals surface area contributed by atoms with Gasteiger partial charge >= 0.3 is 6.09 Å². The number of hydrogen-bond acceptors (Lipinski definition) is 3. The standard InChI is InChI=1S/C22H23N3O3/c1-15-18(3-5-20-23-10-13-25(15)20)16-2-4-19-17(14-16)6-7-22(28-19)8-11-24(12-9-22)21(26)27/h2-5,10,13-14H,6-9,11-12H2,1H3,(H,26,27). The molecular formula is C22H23N3O3. The molecule has 1 amide bonds. The summed E-state index contributed by atoms with van der Waals surface area (Å²) < 4.78 is 8.54. The average molecular weight is 377 g/mol. The van der Waals surface area contributed by atoms with Gasteiger partial charge in [0.1, 0.15) is 17.0 Å². The minimum absolute atomic E-state index is 0.216. The van der Waals surface area contributed by atoms with Crippen molar-refractivity contribution in [3.05, 3.63) is 54.0 Å². The summed E-state index contributed by atoms with van der Waals surface area (Å²) in [5, 5.41) is 9.18. The Morgan fingerprint density at radius 1 is 1.18 bits per heavy atom. The molecule has 1 aromatic carbocycles. The number of aromatic nitrogens is 2. The lowest BCUT2D eigenvalue weighted by molar-refractivity contribution is -0.0103. The number of nitrogens with zero attached hydrogens (tertiary/aromatic N) is 3. The van der Waals surface area contributed by atoms with Crippen LogP contribution in [0.25, 0.3) is 16.8 Å². The number of rotatable bonds is 1. The lowest BCUT2D eigenvalue weighted by atomic mass is 9.82. The second-order valence-electron chi connectivity index (χ2n) is 7.87. The van der Waals surface area contributed by atoms with Crippen molar-refractivity contribution in [1.82, 2.24) is 14.3 Å². The van der Waals surface area contributed by atoms with E-state index in [0.717, 1.165) is 37.1 Å². The number of amides is 1. The van der Waals surface area contributed by atoms with E-state index in [1.807, 2.05) is 18.5 Å². The molecule has 0 atom stereocenters. The van der Waals surface area contributed by atoms with Gasteiger partial charge in [0, 0.05) is 49.6 Å². The molecule has 0 saturated carbocycles. The van der Waals surface area contributed by atoms with Crippen molar-refractivity contribution in [3.8, 4) is 16.9 Å². The predicted molar refractivity (Wildman–Crippen MR) is 106 cm³/mol. The predicted octanol–water partition coefficient (Wildman–Crippen LogP) is 4.15. The molecule has 28 heavy (non-hydrogen) atoms. The molecule has 6 heteroatoms. The summed E-state index contributed by atoms with van der Waals surface area (Å²) in [6, 6.07) is 10.6. The first-order chi connectivity index (χ1) is 13.5. The van der Waals surface area contributed by atoms with Gasteiger partial charge in [-0.3, -0.25) is 0 Å². The van der Waals surface area contributed by atoms with E-state index < -0.39 is 6.09 Å². The zero-order valence-electron chi connectivity index (χ0n) is 15.9. The van der Waals surface area contributed by atoms with Crippen molar-refractivity contribution < 1.29 is 14.6 Å². The van der Waals surface area contributed by atoms with Gasteiger partial charge in [0.2, 0.25) is 0 Å². The maximum Gasteiger partial charge on any atom is 0.407 e. The summed E-state index contributed by atoms with van der Waals surface area (Å²) in [6.07, 6.45) is 6.40. The van der Waals surface area contributed by atoms with E-state index in [1.165, 1.54) is 27.3 Å². The van der Waals surface area contributed by atoms with Gasteiger partial charge in [0.25, 0.3) is 0 Å². The van der Waals surface area contributed by atoms with Crippen LogP contribution in [0.2, 0.25) is 0 Å². The van der Waals surface area contributed by atoms with Gasteiger partial charge in [-0.1, -0.05) is 6.07 Å². The highest BCUT2D eigenvalue weighted by molar-refractivity contribution is 5.70. The number of hydrogen-bond donors (Lipinski definition) is 1. The van der Waals surface area contributed by atoms with Crippen LogP contribution >= 0.6 is 0 Å². The van der Waals surface area contributed by atoms with E-state index in [1.54, 1.807) is 0 Å². The van der Waals surface area contributed by atoms with Crippen LogP contribution in [-0.2, 0) is 6.42 Å². The minimum Gasteiger partial charge on any atom is -0.487 e. The normalized spacial score (nSPS) is 18.1. The second-order valence-corrected chi connectivity index (χ2v) is 7.87. The van der Waals surface area contributed by atoms with Gasteiger partial charge in [0.15, 0.2) is 0 Å². The van der Waals surface area contributed by atoms with Gasteiger partial charge < -0.3 is 19.1 Å². The number of fused-ring (bicyclic) bond motifs is 2. The van der Waals surface area contributed by atoms with Gasteiger partial charge in [-0.15, -0.1) is 0 Å². The highest BCUT2D eigenvalue weighted by atomic mass is 16.5. The van der Waals surface area contributed by atoms with Crippen molar-refractivity contribution in [3.63, 3.8) is 0 Å². The van der Waals surface area contributed by atoms with Crippen LogP contribution in [0.3, 0.4) is 0 Å². The van der Waals surface area contributed by atoms with Crippen molar-refractivity contribution in [2.24, 2.45) is 0 Å². The number of imidazole rings is 1. The van der Waals surface area contributed by atoms with E-state index >= 15 is 0 Å². The lowest BCUT2D eigenvalue weighted by Gasteiger charge is -2.44. The zero-order chi connectivity index (χ0) is 19.3. The number of aryl methyl sites for hydroxylation is 2. The number of piperidine rings is 1. The lowest BCUT2D eigenvalue weighted by Crippen LogP contribution is -2.50. The molecule has 4 heterocycles. The van der Waals surface area contributed by atoms with Crippen LogP contribution in [0.4, 0.5) is 4.79 Å². The monoisotopic (exact) mass is 377 g/mol. The fraction of sp³-hybridized carbons (Fsp3) is 0.364. The van der Waals surface area contributed by atoms with Crippen LogP contribution < -0.4 is 4.74 Å². The third-order valence-corrected chi connectivity index (χ3v) is 6.31. The molecule has 1 saturated heterocycles. The molecule has 2 aromatic heterocycles. The smallest absolute Gasteiger partial charge is 0.407 e. The molecular weight excluding hydrogens is 354 g/mol. The van der Waals surface area contributed by atoms with E-state index in [4.69, 9.17) is 4.74 Å². The Morgan fingerprint density at radius 2 is 2.00 bits per heavy atom. The minimum atomic E-state index is -0.832. The second kappa shape index (κ2) is 6.26. The molecule has 0 aliphatic carbocycles. The van der Waals surface area contributed by atoms with E-state index in [9.17, 15) is 9.90 Å². The first-order valence-electron chi connectivity index (χ1n) is 9.78. The molecule has 2 aliphatic heterocycles. The van der Waals surface area contributed by atoms with Crippen molar-refractivity contribution in [1.29, 1.82) is 0 Å². The largest absolute Gasteiger partial charge is 0.487 e. The van der Waals surface area contributed by atoms with Gasteiger partial charge in [-0.2, -0.15) is 0 Å². The highest BCUT2D eigenvalue weighted by Gasteiger charge is 2.40. The Hall–Kier alpha value is -3.02. The van der Waals surface area contributed by atoms with E-state index in [-0.39, 0.29) is 5.60 Å². The first kappa shape index (κ1) is 17.1. The molecule has 6 nitrogen and oxygen atoms in total. The van der Waals surface area contributed by atoms with Crippen LogP contribution in [0.1, 0.15) is 30.5 Å². The third kappa shape index (κ3) is 2.71. The number of likely N-dealkylation sites (tertiary alicyclic amines) is 1. The van der Waals surface area contributed by atoms with Crippen molar-refractivity contribution in [2.45, 2.75) is 38.2 Å². The summed E-state index contributed by atoms with van der Waals surface area (Å²) in [5.41, 5.74) is 5.53. The van der Waals surface area contributed by atoms with E-state index in [0.29, 0.717) is 13.1 Å². The highest BCUT2D eigenvalue weighted by Crippen LogP contribution is 2.41. The van der Waals surface area contributed by atoms with Crippen LogP contribution in [0.5, 0.6) is 5.75 Å². The van der Waals surface area contributed by atoms with Crippen molar-refractivity contribution in [2.75, 3.05) is 13.1 Å². The fourth-order valence-electron chi connectivity index (χ4n) is 4.58. The maximum atomic E-state index is 11.2.